The summed E-state index contributed by atoms with van der Waals surface area (Å²) in [5, 5.41) is 0. The van der Waals surface area contributed by atoms with Crippen LogP contribution in [0.25, 0.3) is 0 Å². The zero-order valence-corrected chi connectivity index (χ0v) is 6.03. The molecule has 3 nitrogen and oxygen atoms in total. The van der Waals surface area contributed by atoms with Crippen LogP contribution >= 0.6 is 0 Å². The molecule has 2 atom stereocenters. The molecule has 0 aromatic rings. The average Bonchev–Trinajstić information content (AvgIpc) is 1.95. The Balaban J connectivity index is 2.59. The van der Waals surface area contributed by atoms with Crippen molar-refractivity contribution in [1.82, 2.24) is 0 Å². The quantitative estimate of drug-likeness (QED) is 0.535. The Kier molecular flexibility index (Phi) is 2.19. The third-order valence-corrected chi connectivity index (χ3v) is 1.39. The molecule has 0 aromatic carbocycles. The van der Waals surface area contributed by atoms with E-state index in [-0.39, 0.29) is 18.2 Å². The number of hydrogen-bond donors (Lipinski definition) is 0. The van der Waals surface area contributed by atoms with Gasteiger partial charge in [0.1, 0.15) is 6.10 Å². The van der Waals surface area contributed by atoms with E-state index in [0.29, 0.717) is 0 Å². The van der Waals surface area contributed by atoms with Crippen molar-refractivity contribution in [3.63, 3.8) is 0 Å². The SMILES string of the molecule is COC1C=CC(=O)C(C)O1. The van der Waals surface area contributed by atoms with Crippen LogP contribution in [0.4, 0.5) is 0 Å². The Bertz CT molecular complexity index is 162. The first kappa shape index (κ1) is 7.44. The van der Waals surface area contributed by atoms with Crippen LogP contribution in [-0.2, 0) is 14.3 Å². The Labute approximate surface area is 59.6 Å². The standard InChI is InChI=1S/C7H10O3/c1-5-6(8)3-4-7(9-2)10-5/h3-5,7H,1-2H3. The molecule has 0 saturated heterocycles. The average molecular weight is 142 g/mol. The molecule has 0 aliphatic carbocycles. The minimum atomic E-state index is -0.366. The summed E-state index contributed by atoms with van der Waals surface area (Å²) in [5.41, 5.74) is 0. The molecule has 1 heterocycles. The molecular weight excluding hydrogens is 132 g/mol. The first-order valence-electron chi connectivity index (χ1n) is 3.14. The van der Waals surface area contributed by atoms with E-state index < -0.39 is 0 Å². The van der Waals surface area contributed by atoms with Gasteiger partial charge < -0.3 is 9.47 Å². The van der Waals surface area contributed by atoms with Gasteiger partial charge in [0, 0.05) is 7.11 Å². The number of methoxy groups -OCH3 is 1. The summed E-state index contributed by atoms with van der Waals surface area (Å²) in [6.45, 7) is 1.71. The predicted molar refractivity (Wildman–Crippen MR) is 35.5 cm³/mol. The van der Waals surface area contributed by atoms with Crippen molar-refractivity contribution in [2.24, 2.45) is 0 Å². The van der Waals surface area contributed by atoms with E-state index in [4.69, 9.17) is 9.47 Å². The van der Waals surface area contributed by atoms with Crippen LogP contribution in [0.15, 0.2) is 12.2 Å². The molecule has 1 aliphatic heterocycles. The van der Waals surface area contributed by atoms with Crippen LogP contribution in [0.1, 0.15) is 6.92 Å². The smallest absolute Gasteiger partial charge is 0.184 e. The molecule has 2 unspecified atom stereocenters. The summed E-state index contributed by atoms with van der Waals surface area (Å²) in [7, 11) is 1.54. The maximum absolute atomic E-state index is 10.8. The van der Waals surface area contributed by atoms with Gasteiger partial charge in [0.2, 0.25) is 0 Å². The van der Waals surface area contributed by atoms with Crippen molar-refractivity contribution in [3.05, 3.63) is 12.2 Å². The number of carbonyl (C=O) groups is 1. The first-order chi connectivity index (χ1) is 4.74. The van der Waals surface area contributed by atoms with E-state index in [2.05, 4.69) is 0 Å². The lowest BCUT2D eigenvalue weighted by atomic mass is 10.2. The van der Waals surface area contributed by atoms with Crippen molar-refractivity contribution in [2.75, 3.05) is 7.11 Å². The highest BCUT2D eigenvalue weighted by Crippen LogP contribution is 2.08. The Morgan fingerprint density at radius 2 is 2.40 bits per heavy atom. The fourth-order valence-corrected chi connectivity index (χ4v) is 0.757. The molecule has 0 amide bonds. The molecule has 0 saturated carbocycles. The van der Waals surface area contributed by atoms with Crippen molar-refractivity contribution in [1.29, 1.82) is 0 Å². The molecule has 56 valence electrons. The Hall–Kier alpha value is -0.670. The lowest BCUT2D eigenvalue weighted by Gasteiger charge is -2.20. The van der Waals surface area contributed by atoms with Crippen molar-refractivity contribution in [3.8, 4) is 0 Å². The third kappa shape index (κ3) is 1.43. The summed E-state index contributed by atoms with van der Waals surface area (Å²) in [5.74, 6) is -0.00620. The fraction of sp³-hybridized carbons (Fsp3) is 0.571. The van der Waals surface area contributed by atoms with Gasteiger partial charge in [0.25, 0.3) is 0 Å². The van der Waals surface area contributed by atoms with Crippen molar-refractivity contribution < 1.29 is 14.3 Å². The molecular formula is C7H10O3. The number of hydrogen-bond acceptors (Lipinski definition) is 3. The highest BCUT2D eigenvalue weighted by atomic mass is 16.7. The monoisotopic (exact) mass is 142 g/mol. The van der Waals surface area contributed by atoms with Gasteiger partial charge in [0.15, 0.2) is 12.1 Å². The van der Waals surface area contributed by atoms with Crippen LogP contribution in [0, 0.1) is 0 Å². The Morgan fingerprint density at radius 3 is 2.90 bits per heavy atom. The van der Waals surface area contributed by atoms with E-state index >= 15 is 0 Å². The molecule has 1 aliphatic rings. The topological polar surface area (TPSA) is 35.5 Å². The van der Waals surface area contributed by atoms with E-state index in [0.717, 1.165) is 0 Å². The summed E-state index contributed by atoms with van der Waals surface area (Å²) < 4.78 is 9.94. The molecule has 0 aromatic heterocycles. The molecule has 3 heteroatoms. The van der Waals surface area contributed by atoms with Crippen molar-refractivity contribution >= 4 is 5.78 Å². The van der Waals surface area contributed by atoms with Gasteiger partial charge in [-0.25, -0.2) is 0 Å². The third-order valence-electron chi connectivity index (χ3n) is 1.39. The molecule has 0 fully saturated rings. The molecule has 0 spiro atoms. The number of ether oxygens (including phenoxy) is 2. The number of carbonyl (C=O) groups excluding carboxylic acids is 1. The molecule has 0 bridgehead atoms. The maximum Gasteiger partial charge on any atom is 0.184 e. The van der Waals surface area contributed by atoms with Crippen LogP contribution in [0.3, 0.4) is 0 Å². The summed E-state index contributed by atoms with van der Waals surface area (Å²) in [4.78, 5) is 10.8. The second kappa shape index (κ2) is 2.94. The second-order valence-corrected chi connectivity index (χ2v) is 2.14. The lowest BCUT2D eigenvalue weighted by molar-refractivity contribution is -0.151. The second-order valence-electron chi connectivity index (χ2n) is 2.14. The minimum absolute atomic E-state index is 0.00620. The molecule has 0 radical (unpaired) electrons. The minimum Gasteiger partial charge on any atom is -0.352 e. The summed E-state index contributed by atoms with van der Waals surface area (Å²) >= 11 is 0. The lowest BCUT2D eigenvalue weighted by Crippen LogP contribution is -2.29. The fourth-order valence-electron chi connectivity index (χ4n) is 0.757. The molecule has 10 heavy (non-hydrogen) atoms. The van der Waals surface area contributed by atoms with Gasteiger partial charge in [-0.1, -0.05) is 0 Å². The van der Waals surface area contributed by atoms with E-state index in [1.165, 1.54) is 13.2 Å². The zero-order valence-electron chi connectivity index (χ0n) is 6.03. The highest BCUT2D eigenvalue weighted by molar-refractivity contribution is 5.93. The van der Waals surface area contributed by atoms with Crippen LogP contribution < -0.4 is 0 Å². The summed E-state index contributed by atoms with van der Waals surface area (Å²) in [6.07, 6.45) is 2.37. The number of rotatable bonds is 1. The van der Waals surface area contributed by atoms with Gasteiger partial charge >= 0.3 is 0 Å². The van der Waals surface area contributed by atoms with Gasteiger partial charge in [-0.15, -0.1) is 0 Å². The normalized spacial score (nSPS) is 32.8. The predicted octanol–water partition coefficient (Wildman–Crippen LogP) is 0.503. The largest absolute Gasteiger partial charge is 0.352 e. The molecule has 0 N–H and O–H groups in total. The van der Waals surface area contributed by atoms with E-state index in [1.54, 1.807) is 13.0 Å². The van der Waals surface area contributed by atoms with Crippen molar-refractivity contribution in [2.45, 2.75) is 19.3 Å². The van der Waals surface area contributed by atoms with E-state index in [1.807, 2.05) is 0 Å². The summed E-state index contributed by atoms with van der Waals surface area (Å²) in [6, 6.07) is 0. The highest BCUT2D eigenvalue weighted by Gasteiger charge is 2.19. The van der Waals surface area contributed by atoms with E-state index in [9.17, 15) is 4.79 Å². The molecule has 1 rings (SSSR count). The van der Waals surface area contributed by atoms with Crippen LogP contribution in [0.5, 0.6) is 0 Å². The number of ketones is 1. The zero-order chi connectivity index (χ0) is 7.56. The van der Waals surface area contributed by atoms with Gasteiger partial charge in [-0.2, -0.15) is 0 Å². The first-order valence-corrected chi connectivity index (χ1v) is 3.14. The maximum atomic E-state index is 10.8. The Morgan fingerprint density at radius 1 is 1.70 bits per heavy atom. The van der Waals surface area contributed by atoms with Crippen LogP contribution in [-0.4, -0.2) is 25.3 Å². The van der Waals surface area contributed by atoms with Gasteiger partial charge in [-0.3, -0.25) is 4.79 Å². The van der Waals surface area contributed by atoms with Gasteiger partial charge in [0.05, 0.1) is 0 Å². The van der Waals surface area contributed by atoms with Gasteiger partial charge in [-0.05, 0) is 19.1 Å². The van der Waals surface area contributed by atoms with Crippen LogP contribution in [0.2, 0.25) is 0 Å².